The van der Waals surface area contributed by atoms with E-state index in [2.05, 4.69) is 20.9 Å². The Morgan fingerprint density at radius 1 is 1.22 bits per heavy atom. The molecule has 2 aromatic rings. The zero-order valence-electron chi connectivity index (χ0n) is 22.0. The summed E-state index contributed by atoms with van der Waals surface area (Å²) in [6.45, 7) is 10.1. The first-order chi connectivity index (χ1) is 17.6. The maximum atomic E-state index is 13.7. The summed E-state index contributed by atoms with van der Waals surface area (Å²) in [7, 11) is 0. The molecule has 1 aromatic carbocycles. The smallest absolute Gasteiger partial charge is 0.246 e. The highest BCUT2D eigenvalue weighted by Gasteiger charge is 2.42. The van der Waals surface area contributed by atoms with E-state index < -0.39 is 23.5 Å². The molecule has 0 saturated carbocycles. The molecule has 9 nitrogen and oxygen atoms in total. The van der Waals surface area contributed by atoms with Gasteiger partial charge in [0.15, 0.2) is 0 Å². The number of ether oxygens (including phenoxy) is 1. The molecule has 3 heterocycles. The largest absolute Gasteiger partial charge is 0.378 e. The Balaban J connectivity index is 1.38. The number of benzene rings is 1. The SMILES string of the molecule is Cc1ncsc1-c1ccc(CNC(=O)[C@@H]2CCCN2C(=O)[C@@H](NC(=O)[C@H]2COCCN2)C(C)(C)C)cc1. The van der Waals surface area contributed by atoms with E-state index in [1.54, 1.807) is 16.2 Å². The van der Waals surface area contributed by atoms with E-state index in [4.69, 9.17) is 4.74 Å². The Morgan fingerprint density at radius 2 is 1.97 bits per heavy atom. The molecule has 4 rings (SSSR count). The summed E-state index contributed by atoms with van der Waals surface area (Å²) < 4.78 is 5.40. The van der Waals surface area contributed by atoms with Gasteiger partial charge < -0.3 is 25.6 Å². The van der Waals surface area contributed by atoms with E-state index >= 15 is 0 Å². The summed E-state index contributed by atoms with van der Waals surface area (Å²) in [5, 5.41) is 9.07. The number of amides is 3. The van der Waals surface area contributed by atoms with Crippen LogP contribution in [0.4, 0.5) is 0 Å². The van der Waals surface area contributed by atoms with Crippen LogP contribution in [0, 0.1) is 12.3 Å². The molecule has 3 N–H and O–H groups in total. The maximum Gasteiger partial charge on any atom is 0.246 e. The summed E-state index contributed by atoms with van der Waals surface area (Å²) >= 11 is 1.61. The highest BCUT2D eigenvalue weighted by atomic mass is 32.1. The molecule has 10 heteroatoms. The third-order valence-electron chi connectivity index (χ3n) is 6.90. The summed E-state index contributed by atoms with van der Waals surface area (Å²) in [6, 6.07) is 6.29. The lowest BCUT2D eigenvalue weighted by Gasteiger charge is -2.36. The van der Waals surface area contributed by atoms with Crippen LogP contribution in [-0.4, -0.2) is 72.0 Å². The maximum absolute atomic E-state index is 13.7. The molecule has 2 aliphatic rings. The first kappa shape index (κ1) is 27.2. The van der Waals surface area contributed by atoms with Gasteiger partial charge in [-0.2, -0.15) is 0 Å². The van der Waals surface area contributed by atoms with Crippen molar-refractivity contribution in [2.75, 3.05) is 26.3 Å². The molecule has 0 aliphatic carbocycles. The van der Waals surface area contributed by atoms with Crippen LogP contribution < -0.4 is 16.0 Å². The van der Waals surface area contributed by atoms with Gasteiger partial charge in [0.1, 0.15) is 18.1 Å². The van der Waals surface area contributed by atoms with Crippen LogP contribution in [0.25, 0.3) is 10.4 Å². The van der Waals surface area contributed by atoms with Crippen molar-refractivity contribution in [3.05, 3.63) is 41.0 Å². The summed E-state index contributed by atoms with van der Waals surface area (Å²) in [4.78, 5) is 46.7. The van der Waals surface area contributed by atoms with Crippen molar-refractivity contribution >= 4 is 29.1 Å². The van der Waals surface area contributed by atoms with Crippen molar-refractivity contribution in [2.24, 2.45) is 5.41 Å². The second-order valence-electron chi connectivity index (χ2n) is 10.8. The number of nitrogens with one attached hydrogen (secondary N) is 3. The molecule has 0 spiro atoms. The fourth-order valence-corrected chi connectivity index (χ4v) is 5.57. The second kappa shape index (κ2) is 11.7. The molecular weight excluding hydrogens is 490 g/mol. The van der Waals surface area contributed by atoms with Crippen molar-refractivity contribution in [1.82, 2.24) is 25.8 Å². The number of hydrogen-bond acceptors (Lipinski definition) is 7. The van der Waals surface area contributed by atoms with Gasteiger partial charge in [-0.15, -0.1) is 11.3 Å². The van der Waals surface area contributed by atoms with Gasteiger partial charge in [-0.1, -0.05) is 45.0 Å². The van der Waals surface area contributed by atoms with Gasteiger partial charge in [-0.05, 0) is 36.3 Å². The van der Waals surface area contributed by atoms with Gasteiger partial charge >= 0.3 is 0 Å². The number of carbonyl (C=O) groups is 3. The molecule has 2 saturated heterocycles. The average molecular weight is 528 g/mol. The molecule has 0 unspecified atom stereocenters. The zero-order chi connectivity index (χ0) is 26.6. The number of carbonyl (C=O) groups excluding carboxylic acids is 3. The minimum absolute atomic E-state index is 0.172. The van der Waals surface area contributed by atoms with Crippen LogP contribution in [-0.2, 0) is 25.7 Å². The van der Waals surface area contributed by atoms with Crippen LogP contribution in [0.5, 0.6) is 0 Å². The number of hydrogen-bond donors (Lipinski definition) is 3. The summed E-state index contributed by atoms with van der Waals surface area (Å²) in [6.07, 6.45) is 1.35. The predicted molar refractivity (Wildman–Crippen MR) is 143 cm³/mol. The van der Waals surface area contributed by atoms with Crippen LogP contribution in [0.1, 0.15) is 44.9 Å². The third-order valence-corrected chi connectivity index (χ3v) is 7.88. The number of aromatic nitrogens is 1. The van der Waals surface area contributed by atoms with Gasteiger partial charge in [-0.25, -0.2) is 4.98 Å². The highest BCUT2D eigenvalue weighted by molar-refractivity contribution is 7.13. The molecule has 2 fully saturated rings. The molecule has 0 bridgehead atoms. The first-order valence-corrected chi connectivity index (χ1v) is 13.7. The number of nitrogens with zero attached hydrogens (tertiary/aromatic N) is 2. The Hall–Kier alpha value is -2.82. The third kappa shape index (κ3) is 6.55. The highest BCUT2D eigenvalue weighted by Crippen LogP contribution is 2.28. The normalized spacial score (nSPS) is 20.9. The Morgan fingerprint density at radius 3 is 2.59 bits per heavy atom. The molecule has 2 aliphatic heterocycles. The fraction of sp³-hybridized carbons (Fsp3) is 0.556. The van der Waals surface area contributed by atoms with Crippen LogP contribution in [0.2, 0.25) is 0 Å². The van der Waals surface area contributed by atoms with Gasteiger partial charge in [0.05, 0.1) is 29.3 Å². The van der Waals surface area contributed by atoms with E-state index in [-0.39, 0.29) is 24.3 Å². The van der Waals surface area contributed by atoms with Crippen molar-refractivity contribution < 1.29 is 19.1 Å². The Labute approximate surface area is 222 Å². The van der Waals surface area contributed by atoms with E-state index in [0.717, 1.165) is 28.1 Å². The van der Waals surface area contributed by atoms with Gasteiger partial charge in [0, 0.05) is 19.6 Å². The lowest BCUT2D eigenvalue weighted by atomic mass is 9.85. The molecule has 37 heavy (non-hydrogen) atoms. The quantitative estimate of drug-likeness (QED) is 0.509. The number of thiazole rings is 1. The first-order valence-electron chi connectivity index (χ1n) is 12.8. The lowest BCUT2D eigenvalue weighted by Crippen LogP contribution is -2.61. The monoisotopic (exact) mass is 527 g/mol. The average Bonchev–Trinajstić information content (AvgIpc) is 3.55. The molecular formula is C27H37N5O4S. The molecule has 3 amide bonds. The molecule has 3 atom stereocenters. The number of aryl methyl sites for hydroxylation is 1. The van der Waals surface area contributed by atoms with Crippen LogP contribution >= 0.6 is 11.3 Å². The van der Waals surface area contributed by atoms with E-state index in [1.807, 2.05) is 57.5 Å². The second-order valence-corrected chi connectivity index (χ2v) is 11.6. The van der Waals surface area contributed by atoms with Gasteiger partial charge in [0.2, 0.25) is 17.7 Å². The minimum atomic E-state index is -0.750. The molecule has 1 aromatic heterocycles. The fourth-order valence-electron chi connectivity index (χ4n) is 4.75. The van der Waals surface area contributed by atoms with Crippen molar-refractivity contribution in [3.63, 3.8) is 0 Å². The van der Waals surface area contributed by atoms with Crippen LogP contribution in [0.15, 0.2) is 29.8 Å². The Kier molecular flexibility index (Phi) is 8.61. The molecule has 0 radical (unpaired) electrons. The van der Waals surface area contributed by atoms with Gasteiger partial charge in [0.25, 0.3) is 0 Å². The van der Waals surface area contributed by atoms with Crippen molar-refractivity contribution in [1.29, 1.82) is 0 Å². The predicted octanol–water partition coefficient (Wildman–Crippen LogP) is 2.25. The lowest BCUT2D eigenvalue weighted by molar-refractivity contribution is -0.144. The Bertz CT molecular complexity index is 1100. The van der Waals surface area contributed by atoms with E-state index in [9.17, 15) is 14.4 Å². The van der Waals surface area contributed by atoms with Crippen molar-refractivity contribution in [2.45, 2.75) is 65.2 Å². The number of rotatable bonds is 7. The van der Waals surface area contributed by atoms with Crippen molar-refractivity contribution in [3.8, 4) is 10.4 Å². The van der Waals surface area contributed by atoms with Crippen LogP contribution in [0.3, 0.4) is 0 Å². The molecule has 200 valence electrons. The summed E-state index contributed by atoms with van der Waals surface area (Å²) in [5.41, 5.74) is 4.41. The van der Waals surface area contributed by atoms with Gasteiger partial charge in [-0.3, -0.25) is 14.4 Å². The minimum Gasteiger partial charge on any atom is -0.378 e. The standard InChI is InChI=1S/C27H37N5O4S/c1-17-22(37-16-30-17)19-9-7-18(8-10-19)14-29-25(34)21-6-5-12-32(21)26(35)23(27(2,3)4)31-24(33)20-15-36-13-11-28-20/h7-10,16,20-21,23,28H,5-6,11-15H2,1-4H3,(H,29,34)(H,31,33)/t20-,21+,23-/m1/s1. The van der Waals surface area contributed by atoms with E-state index in [0.29, 0.717) is 32.7 Å². The number of likely N-dealkylation sites (tertiary alicyclic amines) is 1. The summed E-state index contributed by atoms with van der Waals surface area (Å²) in [5.74, 6) is -0.654. The topological polar surface area (TPSA) is 113 Å². The zero-order valence-corrected chi connectivity index (χ0v) is 22.8. The van der Waals surface area contributed by atoms with E-state index in [1.165, 1.54) is 0 Å². The number of morpholine rings is 1.